The molecule has 0 aliphatic heterocycles. The molecule has 5 heteroatoms. The molecular weight excluding hydrogens is 126 g/mol. The zero-order valence-corrected chi connectivity index (χ0v) is 5.69. The third-order valence-corrected chi connectivity index (χ3v) is 2.41. The van der Waals surface area contributed by atoms with Gasteiger partial charge >= 0.3 is 0 Å². The van der Waals surface area contributed by atoms with Gasteiger partial charge in [-0.05, 0) is 6.92 Å². The van der Waals surface area contributed by atoms with Crippen LogP contribution in [0.25, 0.3) is 0 Å². The predicted octanol–water partition coefficient (Wildman–Crippen LogP) is -1.15. The highest BCUT2D eigenvalue weighted by Gasteiger charge is 2.19. The van der Waals surface area contributed by atoms with Crippen LogP contribution in [-0.2, 0) is 0 Å². The third kappa shape index (κ3) is 2.06. The normalized spacial score (nSPS) is 17.4. The van der Waals surface area contributed by atoms with E-state index in [1.807, 2.05) is 0 Å². The van der Waals surface area contributed by atoms with Crippen molar-refractivity contribution in [1.82, 2.24) is 0 Å². The number of aliphatic hydroxyl groups is 1. The average Bonchev–Trinajstić information content (AvgIpc) is 1.64. The Morgan fingerprint density at radius 2 is 2.25 bits per heavy atom. The Labute approximate surface area is 48.6 Å². The van der Waals surface area contributed by atoms with Gasteiger partial charge in [0.1, 0.15) is 0 Å². The fourth-order valence-corrected chi connectivity index (χ4v) is 0.619. The molecule has 0 rings (SSSR count). The standard InChI is InChI=1S/C3H9NO3Si/c1-2(5)8(4)3(6)7/h2,5,8H,4H2,1H3,(H,6,7)/t2-,8-/m0/s1. The Morgan fingerprint density at radius 3 is 2.25 bits per heavy atom. The molecule has 8 heavy (non-hydrogen) atoms. The van der Waals surface area contributed by atoms with Crippen LogP contribution < -0.4 is 5.40 Å². The first kappa shape index (κ1) is 7.61. The summed E-state index contributed by atoms with van der Waals surface area (Å²) in [6.45, 7) is 1.39. The van der Waals surface area contributed by atoms with Gasteiger partial charge in [0.15, 0.2) is 0 Å². The Kier molecular flexibility index (Phi) is 2.67. The first-order valence-corrected chi connectivity index (χ1v) is 4.13. The van der Waals surface area contributed by atoms with E-state index < -0.39 is 20.3 Å². The number of nitrogens with two attached hydrogens (primary N) is 1. The van der Waals surface area contributed by atoms with E-state index in [9.17, 15) is 4.79 Å². The van der Waals surface area contributed by atoms with Crippen molar-refractivity contribution in [3.8, 4) is 0 Å². The molecule has 0 heterocycles. The molecule has 4 N–H and O–H groups in total. The molecule has 2 atom stereocenters. The van der Waals surface area contributed by atoms with E-state index >= 15 is 0 Å². The summed E-state index contributed by atoms with van der Waals surface area (Å²) in [6.07, 6.45) is 0. The Bertz CT molecular complexity index is 94.5. The fourth-order valence-electron chi connectivity index (χ4n) is 0.206. The highest BCUT2D eigenvalue weighted by Crippen LogP contribution is 1.82. The van der Waals surface area contributed by atoms with E-state index in [1.54, 1.807) is 0 Å². The molecule has 0 spiro atoms. The lowest BCUT2D eigenvalue weighted by molar-refractivity contribution is 0.212. The van der Waals surface area contributed by atoms with E-state index in [0.29, 0.717) is 0 Å². The summed E-state index contributed by atoms with van der Waals surface area (Å²) in [5, 5.41) is 21.7. The summed E-state index contributed by atoms with van der Waals surface area (Å²) in [5.74, 6) is 0. The maximum atomic E-state index is 9.92. The van der Waals surface area contributed by atoms with E-state index in [1.165, 1.54) is 6.92 Å². The van der Waals surface area contributed by atoms with Crippen molar-refractivity contribution in [3.05, 3.63) is 0 Å². The van der Waals surface area contributed by atoms with Gasteiger partial charge in [-0.1, -0.05) is 0 Å². The van der Waals surface area contributed by atoms with Crippen LogP contribution in [0, 0.1) is 0 Å². The summed E-state index contributed by atoms with van der Waals surface area (Å²) in [4.78, 5) is 9.92. The molecule has 0 amide bonds. The molecule has 0 aromatic rings. The first-order valence-electron chi connectivity index (χ1n) is 2.22. The number of carboxylic acid groups (broad SMARTS) is 1. The van der Waals surface area contributed by atoms with Crippen molar-refractivity contribution in [3.63, 3.8) is 0 Å². The first-order chi connectivity index (χ1) is 3.55. The zero-order valence-electron chi connectivity index (χ0n) is 4.53. The highest BCUT2D eigenvalue weighted by molar-refractivity contribution is 6.86. The fraction of sp³-hybridized carbons (Fsp3) is 0.667. The highest BCUT2D eigenvalue weighted by atomic mass is 28.3. The lowest BCUT2D eigenvalue weighted by Gasteiger charge is -2.04. The van der Waals surface area contributed by atoms with Crippen LogP contribution in [0.4, 0.5) is 4.79 Å². The lowest BCUT2D eigenvalue weighted by atomic mass is 10.9. The molecule has 0 aliphatic carbocycles. The van der Waals surface area contributed by atoms with Crippen LogP contribution in [-0.4, -0.2) is 30.5 Å². The topological polar surface area (TPSA) is 83.5 Å². The van der Waals surface area contributed by atoms with Crippen LogP contribution in [0.3, 0.4) is 0 Å². The molecule has 0 aromatic heterocycles. The van der Waals surface area contributed by atoms with Crippen molar-refractivity contribution in [2.24, 2.45) is 5.40 Å². The van der Waals surface area contributed by atoms with E-state index in [0.717, 1.165) is 0 Å². The number of aliphatic hydroxyl groups excluding tert-OH is 1. The Hall–Kier alpha value is -0.393. The van der Waals surface area contributed by atoms with Crippen LogP contribution >= 0.6 is 0 Å². The van der Waals surface area contributed by atoms with Crippen LogP contribution in [0.5, 0.6) is 0 Å². The summed E-state index contributed by atoms with van der Waals surface area (Å²) in [6, 6.07) is 0. The van der Waals surface area contributed by atoms with Crippen molar-refractivity contribution in [1.29, 1.82) is 0 Å². The van der Waals surface area contributed by atoms with Crippen molar-refractivity contribution < 1.29 is 15.0 Å². The molecule has 0 bridgehead atoms. The van der Waals surface area contributed by atoms with Gasteiger partial charge in [-0.3, -0.25) is 4.79 Å². The quantitative estimate of drug-likeness (QED) is 0.417. The van der Waals surface area contributed by atoms with Gasteiger partial charge in [-0.15, -0.1) is 0 Å². The molecule has 48 valence electrons. The molecule has 0 aliphatic rings. The summed E-state index contributed by atoms with van der Waals surface area (Å²) in [7, 11) is -2.38. The zero-order chi connectivity index (χ0) is 6.73. The van der Waals surface area contributed by atoms with Gasteiger partial charge in [-0.2, -0.15) is 0 Å². The second kappa shape index (κ2) is 2.80. The van der Waals surface area contributed by atoms with Crippen molar-refractivity contribution in [2.75, 3.05) is 0 Å². The van der Waals surface area contributed by atoms with Gasteiger partial charge in [0, 0.05) is 0 Å². The number of rotatable bonds is 2. The van der Waals surface area contributed by atoms with Gasteiger partial charge in [0.05, 0.1) is 5.73 Å². The number of hydrogen-bond donors (Lipinski definition) is 3. The summed E-state index contributed by atoms with van der Waals surface area (Å²) in [5.41, 5.74) is -1.88. The molecule has 0 aromatic carbocycles. The van der Waals surface area contributed by atoms with Gasteiger partial charge in [0.2, 0.25) is 0 Å². The minimum absolute atomic E-state index is 0.840. The molecule has 0 saturated heterocycles. The average molecular weight is 135 g/mol. The second-order valence-electron chi connectivity index (χ2n) is 1.60. The summed E-state index contributed by atoms with van der Waals surface area (Å²) >= 11 is 0. The monoisotopic (exact) mass is 135 g/mol. The molecular formula is C3H9NO3Si. The largest absolute Gasteiger partial charge is 0.485 e. The lowest BCUT2D eigenvalue weighted by Crippen LogP contribution is -2.45. The third-order valence-electron chi connectivity index (χ3n) is 0.805. The van der Waals surface area contributed by atoms with Crippen molar-refractivity contribution >= 4 is 14.6 Å². The van der Waals surface area contributed by atoms with E-state index in [-0.39, 0.29) is 0 Å². The smallest absolute Gasteiger partial charge is 0.285 e. The molecule has 0 radical (unpaired) electrons. The molecule has 4 nitrogen and oxygen atoms in total. The van der Waals surface area contributed by atoms with Gasteiger partial charge < -0.3 is 15.6 Å². The van der Waals surface area contributed by atoms with E-state index in [2.05, 4.69) is 0 Å². The SMILES string of the molecule is C[C@@H](O)[Si@H](N)C(=O)O. The molecule has 0 saturated carbocycles. The van der Waals surface area contributed by atoms with Crippen molar-refractivity contribution in [2.45, 2.75) is 12.7 Å². The maximum absolute atomic E-state index is 9.92. The minimum Gasteiger partial charge on any atom is -0.485 e. The van der Waals surface area contributed by atoms with Crippen LogP contribution in [0.1, 0.15) is 6.92 Å². The molecule has 0 unspecified atom stereocenters. The Balaban J connectivity index is 3.64. The number of carbonyl (C=O) groups is 1. The van der Waals surface area contributed by atoms with Gasteiger partial charge in [-0.25, -0.2) is 0 Å². The maximum Gasteiger partial charge on any atom is 0.285 e. The second-order valence-corrected chi connectivity index (χ2v) is 4.11. The minimum atomic E-state index is -2.38. The van der Waals surface area contributed by atoms with Gasteiger partial charge in [0.25, 0.3) is 14.6 Å². The predicted molar refractivity (Wildman–Crippen MR) is 31.0 cm³/mol. The molecule has 0 fully saturated rings. The van der Waals surface area contributed by atoms with E-state index in [4.69, 9.17) is 15.6 Å². The van der Waals surface area contributed by atoms with Crippen LogP contribution in [0.2, 0.25) is 0 Å². The van der Waals surface area contributed by atoms with Crippen LogP contribution in [0.15, 0.2) is 0 Å². The Morgan fingerprint density at radius 1 is 1.88 bits per heavy atom. The summed E-state index contributed by atoms with van der Waals surface area (Å²) < 4.78 is 0. The number of hydrogen-bond acceptors (Lipinski definition) is 3.